The zero-order valence-electron chi connectivity index (χ0n) is 6.38. The van der Waals surface area contributed by atoms with Gasteiger partial charge in [-0.2, -0.15) is 8.78 Å². The topological polar surface area (TPSA) is 30.0 Å². The normalized spacial score (nSPS) is 11.6. The first-order chi connectivity index (χ1) is 5.50. The number of rotatable bonds is 3. The number of hydrogen-bond acceptors (Lipinski definition) is 3. The molecule has 0 aliphatic rings. The van der Waals surface area contributed by atoms with Crippen LogP contribution < -0.4 is 0 Å². The maximum absolute atomic E-state index is 12.3. The van der Waals surface area contributed by atoms with Crippen LogP contribution in [0.25, 0.3) is 0 Å². The summed E-state index contributed by atoms with van der Waals surface area (Å²) in [4.78, 5) is 11.3. The first-order valence-electron chi connectivity index (χ1n) is 3.31. The third kappa shape index (κ3) is 2.34. The maximum atomic E-state index is 12.3. The summed E-state index contributed by atoms with van der Waals surface area (Å²) in [5.41, 5.74) is 0. The maximum Gasteiger partial charge on any atom is 0.302 e. The number of hydrogen-bond donors (Lipinski definition) is 0. The molecule has 0 atom stereocenters. The van der Waals surface area contributed by atoms with Crippen molar-refractivity contribution in [1.82, 2.24) is 4.37 Å². The van der Waals surface area contributed by atoms with Crippen LogP contribution in [-0.4, -0.2) is 16.1 Å². The number of ketones is 1. The zero-order chi connectivity index (χ0) is 9.19. The number of nitrogens with zero attached hydrogens (tertiary/aromatic N) is 1. The fourth-order valence-electron chi connectivity index (χ4n) is 0.647. The van der Waals surface area contributed by atoms with Gasteiger partial charge in [-0.25, -0.2) is 4.37 Å². The van der Waals surface area contributed by atoms with E-state index in [1.807, 2.05) is 0 Å². The van der Waals surface area contributed by atoms with Crippen molar-refractivity contribution in [2.75, 3.05) is 0 Å². The Bertz CT molecular complexity index is 265. The number of halogens is 2. The number of Topliss-reactive ketones (excluding diaryl/α,β-unsaturated/α-hetero) is 1. The van der Waals surface area contributed by atoms with Crippen molar-refractivity contribution in [2.45, 2.75) is 19.3 Å². The van der Waals surface area contributed by atoms with Gasteiger partial charge in [0.25, 0.3) is 0 Å². The van der Waals surface area contributed by atoms with Crippen LogP contribution >= 0.6 is 11.5 Å². The van der Waals surface area contributed by atoms with E-state index in [0.717, 1.165) is 11.5 Å². The average molecular weight is 191 g/mol. The molecule has 0 radical (unpaired) electrons. The molecule has 0 bridgehead atoms. The Morgan fingerprint density at radius 1 is 1.75 bits per heavy atom. The van der Waals surface area contributed by atoms with Crippen molar-refractivity contribution < 1.29 is 13.6 Å². The first-order valence-corrected chi connectivity index (χ1v) is 4.08. The van der Waals surface area contributed by atoms with Crippen molar-refractivity contribution in [3.63, 3.8) is 0 Å². The molecule has 0 saturated heterocycles. The molecule has 0 unspecified atom stereocenters. The molecule has 1 aromatic heterocycles. The second kappa shape index (κ2) is 3.26. The van der Waals surface area contributed by atoms with E-state index in [2.05, 4.69) is 4.37 Å². The molecule has 2 nitrogen and oxygen atoms in total. The molecule has 5 heteroatoms. The molecular weight excluding hydrogens is 184 g/mol. The van der Waals surface area contributed by atoms with E-state index in [1.54, 1.807) is 6.07 Å². The molecule has 0 aliphatic heterocycles. The lowest BCUT2D eigenvalue weighted by Gasteiger charge is -2.06. The Morgan fingerprint density at radius 3 is 2.83 bits per heavy atom. The standard InChI is InChI=1S/C7H7F2NOS/c1-7(8,9)6(11)4-5-2-3-10-12-5/h2-3H,4H2,1H3. The second-order valence-corrected chi connectivity index (χ2v) is 3.38. The highest BCUT2D eigenvalue weighted by Gasteiger charge is 2.31. The van der Waals surface area contributed by atoms with Gasteiger partial charge in [-0.1, -0.05) is 0 Å². The third-order valence-electron chi connectivity index (χ3n) is 1.32. The Balaban J connectivity index is 2.60. The van der Waals surface area contributed by atoms with E-state index >= 15 is 0 Å². The van der Waals surface area contributed by atoms with E-state index in [-0.39, 0.29) is 6.42 Å². The Kier molecular flexibility index (Phi) is 2.52. The summed E-state index contributed by atoms with van der Waals surface area (Å²) in [7, 11) is 0. The van der Waals surface area contributed by atoms with E-state index in [9.17, 15) is 13.6 Å². The summed E-state index contributed by atoms with van der Waals surface area (Å²) in [5.74, 6) is -4.30. The van der Waals surface area contributed by atoms with Gasteiger partial charge in [0.1, 0.15) is 0 Å². The fourth-order valence-corrected chi connectivity index (χ4v) is 1.22. The molecule has 0 N–H and O–H groups in total. The van der Waals surface area contributed by atoms with Crippen molar-refractivity contribution in [3.05, 3.63) is 17.1 Å². The van der Waals surface area contributed by atoms with Crippen LogP contribution in [0.4, 0.5) is 8.78 Å². The summed E-state index contributed by atoms with van der Waals surface area (Å²) in [6.07, 6.45) is 1.26. The molecule has 0 saturated carbocycles. The zero-order valence-corrected chi connectivity index (χ0v) is 7.20. The van der Waals surface area contributed by atoms with Crippen molar-refractivity contribution in [1.29, 1.82) is 0 Å². The van der Waals surface area contributed by atoms with Gasteiger partial charge in [0.2, 0.25) is 5.78 Å². The molecule has 0 aromatic carbocycles. The van der Waals surface area contributed by atoms with Gasteiger partial charge >= 0.3 is 5.92 Å². The van der Waals surface area contributed by atoms with Crippen molar-refractivity contribution >= 4 is 17.3 Å². The molecular formula is C7H7F2NOS. The van der Waals surface area contributed by atoms with Gasteiger partial charge in [-0.15, -0.1) is 0 Å². The van der Waals surface area contributed by atoms with Crippen LogP contribution in [0.5, 0.6) is 0 Å². The van der Waals surface area contributed by atoms with Crippen LogP contribution in [0.3, 0.4) is 0 Å². The molecule has 1 aromatic rings. The minimum absolute atomic E-state index is 0.228. The monoisotopic (exact) mass is 191 g/mol. The Morgan fingerprint density at radius 2 is 2.42 bits per heavy atom. The Hall–Kier alpha value is -0.840. The summed E-state index contributed by atoms with van der Waals surface area (Å²) in [5, 5.41) is 0. The van der Waals surface area contributed by atoms with Crippen LogP contribution in [-0.2, 0) is 11.2 Å². The number of carbonyl (C=O) groups is 1. The minimum Gasteiger partial charge on any atom is -0.293 e. The van der Waals surface area contributed by atoms with E-state index < -0.39 is 11.7 Å². The summed E-state index contributed by atoms with van der Waals surface area (Å²) in [6, 6.07) is 1.56. The smallest absolute Gasteiger partial charge is 0.293 e. The molecule has 66 valence electrons. The molecule has 12 heavy (non-hydrogen) atoms. The molecule has 1 rings (SSSR count). The predicted octanol–water partition coefficient (Wildman–Crippen LogP) is 1.91. The van der Waals surface area contributed by atoms with Gasteiger partial charge < -0.3 is 0 Å². The van der Waals surface area contributed by atoms with Crippen LogP contribution in [0.2, 0.25) is 0 Å². The molecule has 0 aliphatic carbocycles. The number of aromatic nitrogens is 1. The molecule has 0 spiro atoms. The van der Waals surface area contributed by atoms with E-state index in [0.29, 0.717) is 11.8 Å². The first kappa shape index (κ1) is 9.25. The SMILES string of the molecule is CC(F)(F)C(=O)Cc1ccns1. The van der Waals surface area contributed by atoms with Crippen molar-refractivity contribution in [3.8, 4) is 0 Å². The minimum atomic E-state index is -3.23. The van der Waals surface area contributed by atoms with Crippen LogP contribution in [0.15, 0.2) is 12.3 Å². The van der Waals surface area contributed by atoms with E-state index in [4.69, 9.17) is 0 Å². The van der Waals surface area contributed by atoms with Gasteiger partial charge in [-0.05, 0) is 17.6 Å². The lowest BCUT2D eigenvalue weighted by Crippen LogP contribution is -2.25. The number of alkyl halides is 2. The van der Waals surface area contributed by atoms with Gasteiger partial charge in [-0.3, -0.25) is 4.79 Å². The molecule has 1 heterocycles. The lowest BCUT2D eigenvalue weighted by atomic mass is 10.1. The lowest BCUT2D eigenvalue weighted by molar-refractivity contribution is -0.139. The number of carbonyl (C=O) groups excluding carboxylic acids is 1. The molecule has 0 fully saturated rings. The van der Waals surface area contributed by atoms with Gasteiger partial charge in [0.05, 0.1) is 0 Å². The second-order valence-electron chi connectivity index (χ2n) is 2.47. The average Bonchev–Trinajstić information content (AvgIpc) is 2.37. The van der Waals surface area contributed by atoms with Gasteiger partial charge in [0.15, 0.2) is 0 Å². The predicted molar refractivity (Wildman–Crippen MR) is 41.4 cm³/mol. The highest BCUT2D eigenvalue weighted by molar-refractivity contribution is 7.05. The van der Waals surface area contributed by atoms with Gasteiger partial charge in [0, 0.05) is 24.4 Å². The molecule has 0 amide bonds. The van der Waals surface area contributed by atoms with Crippen LogP contribution in [0.1, 0.15) is 11.8 Å². The van der Waals surface area contributed by atoms with Crippen molar-refractivity contribution in [2.24, 2.45) is 0 Å². The van der Waals surface area contributed by atoms with E-state index in [1.165, 1.54) is 6.20 Å². The quantitative estimate of drug-likeness (QED) is 0.730. The van der Waals surface area contributed by atoms with Crippen LogP contribution in [0, 0.1) is 0 Å². The largest absolute Gasteiger partial charge is 0.302 e. The third-order valence-corrected chi connectivity index (χ3v) is 2.06. The summed E-state index contributed by atoms with van der Waals surface area (Å²) in [6.45, 7) is 0.608. The highest BCUT2D eigenvalue weighted by atomic mass is 32.1. The summed E-state index contributed by atoms with van der Waals surface area (Å²) < 4.78 is 28.4. The summed E-state index contributed by atoms with van der Waals surface area (Å²) >= 11 is 1.06. The fraction of sp³-hybridized carbons (Fsp3) is 0.429. The Labute approximate surface area is 72.4 Å². The highest BCUT2D eigenvalue weighted by Crippen LogP contribution is 2.17.